The van der Waals surface area contributed by atoms with E-state index < -0.39 is 0 Å². The standard InChI is InChI=1S/C22H22FN5OS/c1-14(16-9-11-17(23)12-10-16)24-19(29)13-27(3)22-25-21-20(30-22)15(2)26-28(21)18-7-5-4-6-8-18/h4-12,14H,13H2,1-3H3,(H,24,29)/t14-/m0/s1. The SMILES string of the molecule is Cc1nn(-c2ccccc2)c2nc(N(C)CC(=O)N[C@@H](C)c3ccc(F)cc3)sc12. The van der Waals surface area contributed by atoms with Crippen LogP contribution in [0.25, 0.3) is 16.0 Å². The summed E-state index contributed by atoms with van der Waals surface area (Å²) in [7, 11) is 1.84. The first-order valence-electron chi connectivity index (χ1n) is 9.60. The molecular formula is C22H22FN5OS. The van der Waals surface area contributed by atoms with Crippen LogP contribution in [0, 0.1) is 12.7 Å². The summed E-state index contributed by atoms with van der Waals surface area (Å²) in [5.41, 5.74) is 3.48. The molecule has 30 heavy (non-hydrogen) atoms. The van der Waals surface area contributed by atoms with E-state index in [0.29, 0.717) is 0 Å². The summed E-state index contributed by atoms with van der Waals surface area (Å²) in [6.07, 6.45) is 0. The van der Waals surface area contributed by atoms with Crippen molar-refractivity contribution >= 4 is 32.7 Å². The van der Waals surface area contributed by atoms with Crippen LogP contribution in [-0.2, 0) is 4.79 Å². The molecule has 0 aliphatic rings. The highest BCUT2D eigenvalue weighted by Gasteiger charge is 2.19. The predicted molar refractivity (Wildman–Crippen MR) is 118 cm³/mol. The second kappa shape index (κ2) is 8.23. The van der Waals surface area contributed by atoms with Crippen LogP contribution in [0.15, 0.2) is 54.6 Å². The van der Waals surface area contributed by atoms with Crippen molar-refractivity contribution in [2.45, 2.75) is 19.9 Å². The molecule has 2 aromatic heterocycles. The third kappa shape index (κ3) is 4.04. The molecule has 8 heteroatoms. The van der Waals surface area contributed by atoms with Gasteiger partial charge in [0.1, 0.15) is 5.82 Å². The molecule has 154 valence electrons. The number of hydrogen-bond acceptors (Lipinski definition) is 5. The van der Waals surface area contributed by atoms with Gasteiger partial charge in [-0.05, 0) is 43.7 Å². The smallest absolute Gasteiger partial charge is 0.240 e. The van der Waals surface area contributed by atoms with Crippen molar-refractivity contribution in [2.24, 2.45) is 0 Å². The van der Waals surface area contributed by atoms with Gasteiger partial charge < -0.3 is 10.2 Å². The summed E-state index contributed by atoms with van der Waals surface area (Å²) < 4.78 is 15.9. The molecule has 0 aliphatic heterocycles. The van der Waals surface area contributed by atoms with E-state index in [0.717, 1.165) is 32.4 Å². The van der Waals surface area contributed by atoms with E-state index in [1.54, 1.807) is 12.1 Å². The van der Waals surface area contributed by atoms with Crippen molar-refractivity contribution in [3.63, 3.8) is 0 Å². The Bertz CT molecular complexity index is 1170. The number of halogens is 1. The van der Waals surface area contributed by atoms with Crippen LogP contribution < -0.4 is 10.2 Å². The Hall–Kier alpha value is -3.26. The molecule has 0 unspecified atom stereocenters. The molecule has 0 radical (unpaired) electrons. The summed E-state index contributed by atoms with van der Waals surface area (Å²) in [6, 6.07) is 15.8. The molecule has 0 saturated heterocycles. The minimum absolute atomic E-state index is 0.130. The lowest BCUT2D eigenvalue weighted by Crippen LogP contribution is -2.36. The van der Waals surface area contributed by atoms with Crippen molar-refractivity contribution in [1.82, 2.24) is 20.1 Å². The second-order valence-corrected chi connectivity index (χ2v) is 8.16. The van der Waals surface area contributed by atoms with Gasteiger partial charge in [0.15, 0.2) is 10.8 Å². The molecule has 0 fully saturated rings. The molecule has 4 rings (SSSR count). The first-order valence-corrected chi connectivity index (χ1v) is 10.4. The molecule has 1 N–H and O–H groups in total. The Balaban J connectivity index is 1.48. The fraction of sp³-hybridized carbons (Fsp3) is 0.227. The minimum atomic E-state index is -0.294. The Labute approximate surface area is 178 Å². The topological polar surface area (TPSA) is 63.1 Å². The van der Waals surface area contributed by atoms with Crippen molar-refractivity contribution in [3.8, 4) is 5.69 Å². The van der Waals surface area contributed by atoms with Crippen LogP contribution >= 0.6 is 11.3 Å². The molecule has 0 aliphatic carbocycles. The number of hydrogen-bond donors (Lipinski definition) is 1. The lowest BCUT2D eigenvalue weighted by atomic mass is 10.1. The Kier molecular flexibility index (Phi) is 5.50. The molecule has 6 nitrogen and oxygen atoms in total. The van der Waals surface area contributed by atoms with Crippen molar-refractivity contribution in [1.29, 1.82) is 0 Å². The molecule has 1 atom stereocenters. The number of carbonyl (C=O) groups excluding carboxylic acids is 1. The van der Waals surface area contributed by atoms with E-state index in [1.165, 1.54) is 23.5 Å². The monoisotopic (exact) mass is 423 g/mol. The van der Waals surface area contributed by atoms with Crippen LogP contribution in [0.5, 0.6) is 0 Å². The number of aryl methyl sites for hydroxylation is 1. The molecule has 0 saturated carbocycles. The van der Waals surface area contributed by atoms with Gasteiger partial charge in [0.25, 0.3) is 0 Å². The third-order valence-corrected chi connectivity index (χ3v) is 6.10. The van der Waals surface area contributed by atoms with Crippen LogP contribution in [0.3, 0.4) is 0 Å². The number of nitrogens with one attached hydrogen (secondary N) is 1. The van der Waals surface area contributed by atoms with Crippen LogP contribution in [0.2, 0.25) is 0 Å². The Morgan fingerprint density at radius 2 is 1.90 bits per heavy atom. The summed E-state index contributed by atoms with van der Waals surface area (Å²) in [6.45, 7) is 4.00. The maximum absolute atomic E-state index is 13.1. The van der Waals surface area contributed by atoms with Gasteiger partial charge in [-0.2, -0.15) is 10.1 Å². The molecule has 2 aromatic carbocycles. The summed E-state index contributed by atoms with van der Waals surface area (Å²) in [5.74, 6) is -0.424. The normalized spacial score (nSPS) is 12.1. The van der Waals surface area contributed by atoms with E-state index in [4.69, 9.17) is 4.98 Å². The number of anilines is 1. The maximum atomic E-state index is 13.1. The summed E-state index contributed by atoms with van der Waals surface area (Å²) in [5, 5.41) is 8.30. The van der Waals surface area contributed by atoms with E-state index >= 15 is 0 Å². The van der Waals surface area contributed by atoms with Crippen molar-refractivity contribution in [2.75, 3.05) is 18.5 Å². The van der Waals surface area contributed by atoms with E-state index in [9.17, 15) is 9.18 Å². The van der Waals surface area contributed by atoms with E-state index in [1.807, 2.05) is 60.8 Å². The quantitative estimate of drug-likeness (QED) is 0.504. The average Bonchev–Trinajstić information content (AvgIpc) is 3.30. The number of aromatic nitrogens is 3. The molecule has 0 spiro atoms. The minimum Gasteiger partial charge on any atom is -0.348 e. The molecule has 1 amide bonds. The first kappa shape index (κ1) is 20.0. The largest absolute Gasteiger partial charge is 0.348 e. The number of likely N-dealkylation sites (N-methyl/N-ethyl adjacent to an activating group) is 1. The van der Waals surface area contributed by atoms with Gasteiger partial charge in [-0.15, -0.1) is 0 Å². The number of nitrogens with zero attached hydrogens (tertiary/aromatic N) is 4. The number of rotatable bonds is 6. The third-order valence-electron chi connectivity index (χ3n) is 4.83. The fourth-order valence-corrected chi connectivity index (χ4v) is 4.19. The van der Waals surface area contributed by atoms with Gasteiger partial charge in [0.05, 0.1) is 28.7 Å². The van der Waals surface area contributed by atoms with E-state index in [-0.39, 0.29) is 24.3 Å². The number of fused-ring (bicyclic) bond motifs is 1. The fourth-order valence-electron chi connectivity index (χ4n) is 3.24. The Morgan fingerprint density at radius 3 is 2.60 bits per heavy atom. The van der Waals surface area contributed by atoms with Crippen molar-refractivity contribution < 1.29 is 9.18 Å². The number of carbonyl (C=O) groups is 1. The highest BCUT2D eigenvalue weighted by molar-refractivity contribution is 7.22. The zero-order valence-electron chi connectivity index (χ0n) is 17.0. The average molecular weight is 424 g/mol. The predicted octanol–water partition coefficient (Wildman–Crippen LogP) is 4.24. The highest BCUT2D eigenvalue weighted by atomic mass is 32.1. The van der Waals surface area contributed by atoms with Crippen LogP contribution in [0.1, 0.15) is 24.2 Å². The molecule has 0 bridgehead atoms. The number of thiazole rings is 1. The van der Waals surface area contributed by atoms with Crippen LogP contribution in [0.4, 0.5) is 9.52 Å². The lowest BCUT2D eigenvalue weighted by Gasteiger charge is -2.18. The summed E-state index contributed by atoms with van der Waals surface area (Å²) in [4.78, 5) is 19.1. The number of para-hydroxylation sites is 1. The van der Waals surface area contributed by atoms with Crippen LogP contribution in [-0.4, -0.2) is 34.3 Å². The molecular weight excluding hydrogens is 401 g/mol. The van der Waals surface area contributed by atoms with Gasteiger partial charge in [-0.1, -0.05) is 41.7 Å². The van der Waals surface area contributed by atoms with Gasteiger partial charge >= 0.3 is 0 Å². The highest BCUT2D eigenvalue weighted by Crippen LogP contribution is 2.31. The second-order valence-electron chi connectivity index (χ2n) is 7.18. The number of amides is 1. The lowest BCUT2D eigenvalue weighted by molar-refractivity contribution is -0.120. The number of benzene rings is 2. The van der Waals surface area contributed by atoms with Gasteiger partial charge in [-0.3, -0.25) is 4.79 Å². The molecule has 2 heterocycles. The van der Waals surface area contributed by atoms with E-state index in [2.05, 4.69) is 10.4 Å². The first-order chi connectivity index (χ1) is 14.4. The van der Waals surface area contributed by atoms with Gasteiger partial charge in [0, 0.05) is 7.05 Å². The van der Waals surface area contributed by atoms with Gasteiger partial charge in [0.2, 0.25) is 5.91 Å². The zero-order chi connectivity index (χ0) is 21.3. The zero-order valence-corrected chi connectivity index (χ0v) is 17.8. The van der Waals surface area contributed by atoms with Crippen molar-refractivity contribution in [3.05, 3.63) is 71.7 Å². The van der Waals surface area contributed by atoms with Gasteiger partial charge in [-0.25, -0.2) is 9.07 Å². The summed E-state index contributed by atoms with van der Waals surface area (Å²) >= 11 is 1.52. The molecule has 4 aromatic rings. The Morgan fingerprint density at radius 1 is 1.20 bits per heavy atom. The maximum Gasteiger partial charge on any atom is 0.240 e.